The first-order chi connectivity index (χ1) is 12.8. The molecule has 0 radical (unpaired) electrons. The number of benzene rings is 2. The topological polar surface area (TPSA) is 108 Å². The zero-order valence-electron chi connectivity index (χ0n) is 15.4. The van der Waals surface area contributed by atoms with Crippen LogP contribution in [0, 0.1) is 0 Å². The number of carbonyl (C=O) groups is 1. The molecule has 27 heavy (non-hydrogen) atoms. The van der Waals surface area contributed by atoms with Crippen LogP contribution in [0.15, 0.2) is 47.4 Å². The highest BCUT2D eigenvalue weighted by Gasteiger charge is 2.10. The molecule has 146 valence electrons. The van der Waals surface area contributed by atoms with Gasteiger partial charge in [-0.2, -0.15) is 0 Å². The maximum absolute atomic E-state index is 12.2. The van der Waals surface area contributed by atoms with Gasteiger partial charge in [-0.15, -0.1) is 0 Å². The van der Waals surface area contributed by atoms with Gasteiger partial charge in [0.2, 0.25) is 15.9 Å². The molecule has 2 aromatic rings. The third-order valence-corrected chi connectivity index (χ3v) is 4.65. The molecule has 0 spiro atoms. The fraction of sp³-hybridized carbons (Fsp3) is 0.316. The van der Waals surface area contributed by atoms with Gasteiger partial charge in [0.25, 0.3) is 0 Å². The summed E-state index contributed by atoms with van der Waals surface area (Å²) in [5, 5.41) is 7.89. The van der Waals surface area contributed by atoms with Crippen LogP contribution in [0.2, 0.25) is 0 Å². The summed E-state index contributed by atoms with van der Waals surface area (Å²) in [6.07, 6.45) is 0.734. The van der Waals surface area contributed by atoms with Crippen LogP contribution in [0.1, 0.15) is 25.8 Å². The molecule has 0 aliphatic carbocycles. The highest BCUT2D eigenvalue weighted by atomic mass is 32.2. The lowest BCUT2D eigenvalue weighted by molar-refractivity contribution is -0.116. The van der Waals surface area contributed by atoms with Crippen molar-refractivity contribution in [2.24, 2.45) is 5.14 Å². The highest BCUT2D eigenvalue weighted by Crippen LogP contribution is 2.30. The molecule has 0 atom stereocenters. The predicted octanol–water partition coefficient (Wildman–Crippen LogP) is 2.70. The number of nitrogens with two attached hydrogens (primary N) is 1. The van der Waals surface area contributed by atoms with Crippen molar-refractivity contribution in [3.63, 3.8) is 0 Å². The zero-order valence-corrected chi connectivity index (χ0v) is 16.2. The van der Waals surface area contributed by atoms with Crippen molar-refractivity contribution in [1.29, 1.82) is 0 Å². The number of hydrogen-bond donors (Lipinski definition) is 2. The fourth-order valence-electron chi connectivity index (χ4n) is 2.46. The van der Waals surface area contributed by atoms with Gasteiger partial charge in [-0.05, 0) is 50.1 Å². The molecular weight excluding hydrogens is 368 g/mol. The zero-order chi connectivity index (χ0) is 19.9. The summed E-state index contributed by atoms with van der Waals surface area (Å²) in [6, 6.07) is 11.4. The van der Waals surface area contributed by atoms with Crippen LogP contribution in [0.25, 0.3) is 0 Å². The highest BCUT2D eigenvalue weighted by molar-refractivity contribution is 7.89. The average Bonchev–Trinajstić information content (AvgIpc) is 2.62. The molecule has 0 aliphatic heterocycles. The normalized spacial score (nSPS) is 11.1. The summed E-state index contributed by atoms with van der Waals surface area (Å²) in [5.74, 6) is 1.06. The van der Waals surface area contributed by atoms with E-state index in [9.17, 15) is 13.2 Å². The molecule has 2 rings (SSSR count). The predicted molar refractivity (Wildman–Crippen MR) is 104 cm³/mol. The number of rotatable bonds is 9. The molecule has 3 N–H and O–H groups in total. The van der Waals surface area contributed by atoms with E-state index in [4.69, 9.17) is 14.6 Å². The monoisotopic (exact) mass is 392 g/mol. The molecule has 0 bridgehead atoms. The first kappa shape index (κ1) is 20.7. The van der Waals surface area contributed by atoms with E-state index < -0.39 is 10.0 Å². The van der Waals surface area contributed by atoms with Crippen LogP contribution in [-0.4, -0.2) is 27.5 Å². The molecule has 0 aromatic heterocycles. The Kier molecular flexibility index (Phi) is 7.20. The smallest absolute Gasteiger partial charge is 0.238 e. The summed E-state index contributed by atoms with van der Waals surface area (Å²) < 4.78 is 33.5. The lowest BCUT2D eigenvalue weighted by atomic mass is 10.1. The third kappa shape index (κ3) is 6.26. The Morgan fingerprint density at radius 1 is 1.00 bits per heavy atom. The van der Waals surface area contributed by atoms with Crippen molar-refractivity contribution < 1.29 is 22.7 Å². The van der Waals surface area contributed by atoms with Gasteiger partial charge in [-0.1, -0.05) is 12.1 Å². The Morgan fingerprint density at radius 2 is 1.63 bits per heavy atom. The molecule has 0 heterocycles. The molecule has 0 saturated carbocycles. The quantitative estimate of drug-likeness (QED) is 0.682. The Labute approximate surface area is 159 Å². The van der Waals surface area contributed by atoms with Crippen molar-refractivity contribution in [3.8, 4) is 11.5 Å². The van der Waals surface area contributed by atoms with Crippen molar-refractivity contribution in [2.75, 3.05) is 18.5 Å². The number of primary sulfonamides is 1. The molecule has 7 nitrogen and oxygen atoms in total. The summed E-state index contributed by atoms with van der Waals surface area (Å²) >= 11 is 0. The van der Waals surface area contributed by atoms with Crippen LogP contribution < -0.4 is 19.9 Å². The minimum atomic E-state index is -3.71. The van der Waals surface area contributed by atoms with Gasteiger partial charge in [0, 0.05) is 18.2 Å². The second-order valence-electron chi connectivity index (χ2n) is 5.76. The van der Waals surface area contributed by atoms with Crippen LogP contribution >= 0.6 is 0 Å². The summed E-state index contributed by atoms with van der Waals surface area (Å²) in [7, 11) is -3.71. The molecule has 1 amide bonds. The van der Waals surface area contributed by atoms with Crippen LogP contribution in [0.4, 0.5) is 5.69 Å². The Hall–Kier alpha value is -2.58. The second kappa shape index (κ2) is 9.38. The van der Waals surface area contributed by atoms with E-state index in [1.54, 1.807) is 30.3 Å². The number of carbonyl (C=O) groups excluding carboxylic acids is 1. The van der Waals surface area contributed by atoms with E-state index >= 15 is 0 Å². The lowest BCUT2D eigenvalue weighted by Crippen LogP contribution is -2.13. The molecule has 8 heteroatoms. The number of ether oxygens (including phenoxy) is 2. The van der Waals surface area contributed by atoms with Gasteiger partial charge in [0.15, 0.2) is 11.5 Å². The largest absolute Gasteiger partial charge is 0.490 e. The van der Waals surface area contributed by atoms with Crippen molar-refractivity contribution in [2.45, 2.75) is 31.6 Å². The average molecular weight is 392 g/mol. The van der Waals surface area contributed by atoms with Crippen LogP contribution in [0.3, 0.4) is 0 Å². The molecule has 0 fully saturated rings. The molecular formula is C19H24N2O5S. The van der Waals surface area contributed by atoms with Crippen molar-refractivity contribution in [3.05, 3.63) is 48.0 Å². The molecule has 0 aliphatic rings. The van der Waals surface area contributed by atoms with Gasteiger partial charge in [0.1, 0.15) is 0 Å². The fourth-order valence-corrected chi connectivity index (χ4v) is 2.97. The van der Waals surface area contributed by atoms with E-state index in [1.807, 2.05) is 13.8 Å². The summed E-state index contributed by atoms with van der Waals surface area (Å²) in [4.78, 5) is 12.2. The standard InChI is InChI=1S/C19H24N2O5S/c1-3-25-17-11-8-15(13-18(17)26-4-2)21-19(22)12-7-14-5-9-16(10-6-14)27(20,23)24/h5-6,8-11,13H,3-4,7,12H2,1-2H3,(H,21,22)(H2,20,23,24). The molecule has 0 saturated heterocycles. The maximum Gasteiger partial charge on any atom is 0.238 e. The van der Waals surface area contributed by atoms with Gasteiger partial charge in [-0.3, -0.25) is 4.79 Å². The number of hydrogen-bond acceptors (Lipinski definition) is 5. The van der Waals surface area contributed by atoms with Crippen molar-refractivity contribution >= 4 is 21.6 Å². The van der Waals surface area contributed by atoms with Gasteiger partial charge >= 0.3 is 0 Å². The van der Waals surface area contributed by atoms with E-state index in [-0.39, 0.29) is 17.2 Å². The number of aryl methyl sites for hydroxylation is 1. The van der Waals surface area contributed by atoms with Crippen LogP contribution in [0.5, 0.6) is 11.5 Å². The number of anilines is 1. The Balaban J connectivity index is 1.96. The summed E-state index contributed by atoms with van der Waals surface area (Å²) in [6.45, 7) is 4.78. The van der Waals surface area contributed by atoms with Crippen molar-refractivity contribution in [1.82, 2.24) is 0 Å². The minimum Gasteiger partial charge on any atom is -0.490 e. The van der Waals surface area contributed by atoms with E-state index in [1.165, 1.54) is 12.1 Å². The van der Waals surface area contributed by atoms with Gasteiger partial charge in [-0.25, -0.2) is 13.6 Å². The number of amides is 1. The molecule has 2 aromatic carbocycles. The van der Waals surface area contributed by atoms with Crippen LogP contribution in [-0.2, 0) is 21.2 Å². The maximum atomic E-state index is 12.2. The van der Waals surface area contributed by atoms with E-state index in [2.05, 4.69) is 5.32 Å². The second-order valence-corrected chi connectivity index (χ2v) is 7.33. The first-order valence-electron chi connectivity index (χ1n) is 8.64. The van der Waals surface area contributed by atoms with E-state index in [0.29, 0.717) is 36.8 Å². The van der Waals surface area contributed by atoms with Gasteiger partial charge < -0.3 is 14.8 Å². The third-order valence-electron chi connectivity index (χ3n) is 3.72. The number of nitrogens with one attached hydrogen (secondary N) is 1. The lowest BCUT2D eigenvalue weighted by Gasteiger charge is -2.13. The van der Waals surface area contributed by atoms with E-state index in [0.717, 1.165) is 5.56 Å². The summed E-state index contributed by atoms with van der Waals surface area (Å²) in [5.41, 5.74) is 1.47. The Morgan fingerprint density at radius 3 is 2.22 bits per heavy atom. The Bertz CT molecular complexity index is 879. The molecule has 0 unspecified atom stereocenters. The number of sulfonamides is 1. The SMILES string of the molecule is CCOc1ccc(NC(=O)CCc2ccc(S(N)(=O)=O)cc2)cc1OCC. The minimum absolute atomic E-state index is 0.0496. The first-order valence-corrected chi connectivity index (χ1v) is 10.2. The van der Waals surface area contributed by atoms with Gasteiger partial charge in [0.05, 0.1) is 18.1 Å².